The van der Waals surface area contributed by atoms with Crippen LogP contribution in [0.3, 0.4) is 0 Å². The molecule has 0 aliphatic rings. The first kappa shape index (κ1) is 31.5. The van der Waals surface area contributed by atoms with Crippen molar-refractivity contribution in [3.05, 3.63) is 93.5 Å². The van der Waals surface area contributed by atoms with Crippen molar-refractivity contribution in [1.82, 2.24) is 10.2 Å². The summed E-state index contributed by atoms with van der Waals surface area (Å²) in [6.07, 6.45) is 0. The van der Waals surface area contributed by atoms with Gasteiger partial charge in [0.25, 0.3) is 10.0 Å². The largest absolute Gasteiger partial charge is 0.350 e. The van der Waals surface area contributed by atoms with Crippen LogP contribution in [0.2, 0.25) is 10.0 Å². The Bertz CT molecular complexity index is 1490. The zero-order chi connectivity index (χ0) is 29.8. The molecule has 2 amide bonds. The smallest absolute Gasteiger partial charge is 0.264 e. The predicted molar refractivity (Wildman–Crippen MR) is 161 cm³/mol. The molecule has 3 aromatic carbocycles. The number of sulfonamides is 1. The SMILES string of the molecule is Cc1ccc(S(=O)(=O)N(CC(=O)N(Cc2ccc(Cl)cc2Cl)C(C)C(=O)NC(C)(C)C)c2ccccc2C)cc1. The predicted octanol–water partition coefficient (Wildman–Crippen LogP) is 6.14. The molecule has 1 N–H and O–H groups in total. The molecule has 1 atom stereocenters. The molecule has 0 spiro atoms. The molecule has 3 rings (SSSR count). The van der Waals surface area contributed by atoms with Crippen LogP contribution in [0.1, 0.15) is 44.4 Å². The molecule has 0 aliphatic heterocycles. The van der Waals surface area contributed by atoms with Gasteiger partial charge in [-0.15, -0.1) is 0 Å². The number of benzene rings is 3. The van der Waals surface area contributed by atoms with Gasteiger partial charge < -0.3 is 10.2 Å². The summed E-state index contributed by atoms with van der Waals surface area (Å²) in [5.41, 5.74) is 1.98. The van der Waals surface area contributed by atoms with Gasteiger partial charge in [0.2, 0.25) is 11.8 Å². The summed E-state index contributed by atoms with van der Waals surface area (Å²) < 4.78 is 29.0. The van der Waals surface area contributed by atoms with Gasteiger partial charge in [-0.3, -0.25) is 13.9 Å². The van der Waals surface area contributed by atoms with E-state index in [9.17, 15) is 18.0 Å². The molecular weight excluding hydrogens is 569 g/mol. The van der Waals surface area contributed by atoms with Crippen molar-refractivity contribution in [1.29, 1.82) is 0 Å². The number of amides is 2. The maximum atomic E-state index is 14.0. The molecule has 7 nitrogen and oxygen atoms in total. The number of halogens is 2. The van der Waals surface area contributed by atoms with Gasteiger partial charge in [-0.1, -0.05) is 65.2 Å². The van der Waals surface area contributed by atoms with E-state index >= 15 is 0 Å². The van der Waals surface area contributed by atoms with Crippen LogP contribution in [-0.4, -0.2) is 43.3 Å². The van der Waals surface area contributed by atoms with Gasteiger partial charge in [0.15, 0.2) is 0 Å². The molecule has 0 radical (unpaired) electrons. The summed E-state index contributed by atoms with van der Waals surface area (Å²) in [4.78, 5) is 28.6. The van der Waals surface area contributed by atoms with E-state index in [0.29, 0.717) is 26.9 Å². The second kappa shape index (κ2) is 12.6. The summed E-state index contributed by atoms with van der Waals surface area (Å²) in [7, 11) is -4.14. The van der Waals surface area contributed by atoms with Crippen molar-refractivity contribution in [3.8, 4) is 0 Å². The van der Waals surface area contributed by atoms with Crippen LogP contribution >= 0.6 is 23.2 Å². The zero-order valence-electron chi connectivity index (χ0n) is 23.5. The van der Waals surface area contributed by atoms with E-state index in [-0.39, 0.29) is 17.3 Å². The molecule has 0 aromatic heterocycles. The summed E-state index contributed by atoms with van der Waals surface area (Å²) >= 11 is 12.5. The van der Waals surface area contributed by atoms with Gasteiger partial charge >= 0.3 is 0 Å². The van der Waals surface area contributed by atoms with E-state index < -0.39 is 34.1 Å². The number of para-hydroxylation sites is 1. The first-order chi connectivity index (χ1) is 18.6. The molecule has 0 fully saturated rings. The minimum Gasteiger partial charge on any atom is -0.350 e. The van der Waals surface area contributed by atoms with Gasteiger partial charge in [-0.05, 0) is 83.0 Å². The Labute approximate surface area is 247 Å². The molecule has 0 bridgehead atoms. The average Bonchev–Trinajstić information content (AvgIpc) is 2.86. The van der Waals surface area contributed by atoms with E-state index in [1.54, 1.807) is 68.4 Å². The number of anilines is 1. The second-order valence-corrected chi connectivity index (χ2v) is 13.5. The Balaban J connectivity index is 2.07. The van der Waals surface area contributed by atoms with Crippen molar-refractivity contribution < 1.29 is 18.0 Å². The van der Waals surface area contributed by atoms with E-state index in [4.69, 9.17) is 23.2 Å². The van der Waals surface area contributed by atoms with Gasteiger partial charge in [-0.25, -0.2) is 8.42 Å². The lowest BCUT2D eigenvalue weighted by Gasteiger charge is -2.34. The van der Waals surface area contributed by atoms with Crippen LogP contribution in [0, 0.1) is 13.8 Å². The number of nitrogens with one attached hydrogen (secondary N) is 1. The standard InChI is InChI=1S/C30H35Cl2N3O4S/c1-20-11-15-25(16-12-20)40(38,39)35(27-10-8-7-9-21(27)2)19-28(36)34(22(3)29(37)33-30(4,5)6)18-23-13-14-24(31)17-26(23)32/h7-17,22H,18-19H2,1-6H3,(H,33,37). The first-order valence-electron chi connectivity index (χ1n) is 12.8. The van der Waals surface area contributed by atoms with Crippen molar-refractivity contribution >= 4 is 50.7 Å². The lowest BCUT2D eigenvalue weighted by Crippen LogP contribution is -2.54. The van der Waals surface area contributed by atoms with Crippen LogP contribution in [0.15, 0.2) is 71.6 Å². The number of aryl methyl sites for hydroxylation is 2. The number of rotatable bonds is 9. The highest BCUT2D eigenvalue weighted by molar-refractivity contribution is 7.92. The normalized spacial score (nSPS) is 12.5. The Morgan fingerprint density at radius 3 is 2.15 bits per heavy atom. The third kappa shape index (κ3) is 7.77. The lowest BCUT2D eigenvalue weighted by atomic mass is 10.1. The van der Waals surface area contributed by atoms with Crippen molar-refractivity contribution in [2.24, 2.45) is 0 Å². The van der Waals surface area contributed by atoms with Gasteiger partial charge in [0.05, 0.1) is 10.6 Å². The Morgan fingerprint density at radius 1 is 0.950 bits per heavy atom. The molecule has 214 valence electrons. The Kier molecular flexibility index (Phi) is 9.93. The third-order valence-corrected chi connectivity index (χ3v) is 8.65. The zero-order valence-corrected chi connectivity index (χ0v) is 25.9. The van der Waals surface area contributed by atoms with Gasteiger partial charge in [0.1, 0.15) is 12.6 Å². The number of carbonyl (C=O) groups excluding carboxylic acids is 2. The summed E-state index contributed by atoms with van der Waals surface area (Å²) in [5, 5.41) is 3.66. The fraction of sp³-hybridized carbons (Fsp3) is 0.333. The number of nitrogens with zero attached hydrogens (tertiary/aromatic N) is 2. The lowest BCUT2D eigenvalue weighted by molar-refractivity contribution is -0.140. The average molecular weight is 605 g/mol. The fourth-order valence-electron chi connectivity index (χ4n) is 4.08. The molecule has 0 heterocycles. The fourth-order valence-corrected chi connectivity index (χ4v) is 6.03. The molecule has 1 unspecified atom stereocenters. The molecule has 10 heteroatoms. The molecule has 0 saturated carbocycles. The minimum atomic E-state index is -4.14. The molecule has 0 aliphatic carbocycles. The van der Waals surface area contributed by atoms with Crippen molar-refractivity contribution in [2.45, 2.75) is 64.6 Å². The van der Waals surface area contributed by atoms with Crippen LogP contribution in [0.4, 0.5) is 5.69 Å². The van der Waals surface area contributed by atoms with E-state index in [1.807, 2.05) is 27.7 Å². The highest BCUT2D eigenvalue weighted by atomic mass is 35.5. The maximum Gasteiger partial charge on any atom is 0.264 e. The van der Waals surface area contributed by atoms with Gasteiger partial charge in [0, 0.05) is 22.1 Å². The second-order valence-electron chi connectivity index (χ2n) is 10.8. The summed E-state index contributed by atoms with van der Waals surface area (Å²) in [6, 6.07) is 17.4. The quantitative estimate of drug-likeness (QED) is 0.318. The first-order valence-corrected chi connectivity index (χ1v) is 15.0. The Morgan fingerprint density at radius 2 is 1.57 bits per heavy atom. The minimum absolute atomic E-state index is 0.0280. The molecule has 3 aromatic rings. The van der Waals surface area contributed by atoms with Gasteiger partial charge in [-0.2, -0.15) is 0 Å². The van der Waals surface area contributed by atoms with E-state index in [2.05, 4.69) is 5.32 Å². The molecule has 40 heavy (non-hydrogen) atoms. The number of hydrogen-bond acceptors (Lipinski definition) is 4. The van der Waals surface area contributed by atoms with Crippen molar-refractivity contribution in [3.63, 3.8) is 0 Å². The number of hydrogen-bond donors (Lipinski definition) is 1. The highest BCUT2D eigenvalue weighted by Crippen LogP contribution is 2.28. The summed E-state index contributed by atoms with van der Waals surface area (Å²) in [6.45, 7) is 10.2. The van der Waals surface area contributed by atoms with Crippen molar-refractivity contribution in [2.75, 3.05) is 10.8 Å². The number of carbonyl (C=O) groups is 2. The third-order valence-electron chi connectivity index (χ3n) is 6.29. The topological polar surface area (TPSA) is 86.8 Å². The molecular formula is C30H35Cl2N3O4S. The highest BCUT2D eigenvalue weighted by Gasteiger charge is 2.34. The molecule has 0 saturated heterocycles. The summed E-state index contributed by atoms with van der Waals surface area (Å²) in [5.74, 6) is -0.948. The van der Waals surface area contributed by atoms with Crippen LogP contribution < -0.4 is 9.62 Å². The monoisotopic (exact) mass is 603 g/mol. The maximum absolute atomic E-state index is 14.0. The van der Waals surface area contributed by atoms with Crippen LogP contribution in [-0.2, 0) is 26.2 Å². The van der Waals surface area contributed by atoms with E-state index in [0.717, 1.165) is 9.87 Å². The van der Waals surface area contributed by atoms with Crippen LogP contribution in [0.25, 0.3) is 0 Å². The van der Waals surface area contributed by atoms with Crippen LogP contribution in [0.5, 0.6) is 0 Å². The Hall–Kier alpha value is -3.07. The van der Waals surface area contributed by atoms with E-state index in [1.165, 1.54) is 17.0 Å².